The second-order valence-corrected chi connectivity index (χ2v) is 11.4. The summed E-state index contributed by atoms with van der Waals surface area (Å²) in [6.45, 7) is 1.02. The number of pyridine rings is 1. The van der Waals surface area contributed by atoms with Crippen molar-refractivity contribution in [2.45, 2.75) is 18.9 Å². The number of likely N-dealkylation sites (tertiary alicyclic amines) is 1. The number of nitrogens with one attached hydrogen (secondary N) is 1. The van der Waals surface area contributed by atoms with Crippen LogP contribution in [0.1, 0.15) is 33.9 Å². The molecule has 1 fully saturated rings. The van der Waals surface area contributed by atoms with E-state index in [0.717, 1.165) is 28.7 Å². The van der Waals surface area contributed by atoms with E-state index in [0.29, 0.717) is 52.1 Å². The van der Waals surface area contributed by atoms with Crippen molar-refractivity contribution < 1.29 is 19.4 Å². The van der Waals surface area contributed by atoms with Crippen LogP contribution in [-0.2, 0) is 18.3 Å². The molecule has 0 spiro atoms. The Hall–Kier alpha value is -4.25. The summed E-state index contributed by atoms with van der Waals surface area (Å²) in [5.41, 5.74) is 4.38. The molecule has 2 aromatic heterocycles. The number of ether oxygens (including phenoxy) is 1. The minimum absolute atomic E-state index is 0.0614. The van der Waals surface area contributed by atoms with Gasteiger partial charge in [0.2, 0.25) is 5.88 Å². The maximum absolute atomic E-state index is 12.9. The maximum Gasteiger partial charge on any atom is 0.309 e. The van der Waals surface area contributed by atoms with E-state index in [1.807, 2.05) is 24.3 Å². The average molecular weight is 620 g/mol. The Morgan fingerprint density at radius 2 is 1.74 bits per heavy atom. The normalized spacial score (nSPS) is 16.4. The molecule has 10 nitrogen and oxygen atoms in total. The first-order chi connectivity index (χ1) is 20.7. The van der Waals surface area contributed by atoms with Crippen molar-refractivity contribution in [3.8, 4) is 28.3 Å². The molecule has 4 aromatic rings. The molecule has 1 aliphatic carbocycles. The molecule has 1 amide bonds. The Balaban J connectivity index is 1.32. The predicted molar refractivity (Wildman–Crippen MR) is 163 cm³/mol. The van der Waals surface area contributed by atoms with Crippen molar-refractivity contribution in [3.63, 3.8) is 0 Å². The lowest BCUT2D eigenvalue weighted by Crippen LogP contribution is -2.51. The number of methoxy groups -OCH3 is 1. The third kappa shape index (κ3) is 5.15. The number of aryl methyl sites for hydroxylation is 2. The van der Waals surface area contributed by atoms with Crippen molar-refractivity contribution in [2.75, 3.05) is 25.5 Å². The highest BCUT2D eigenvalue weighted by Gasteiger charge is 2.41. The van der Waals surface area contributed by atoms with E-state index in [9.17, 15) is 19.5 Å². The molecule has 2 N–H and O–H groups in total. The van der Waals surface area contributed by atoms with Crippen LogP contribution in [0.15, 0.2) is 59.5 Å². The van der Waals surface area contributed by atoms with Crippen LogP contribution in [0.4, 0.5) is 5.69 Å². The lowest BCUT2D eigenvalue weighted by molar-refractivity contribution is -0.148. The van der Waals surface area contributed by atoms with Gasteiger partial charge in [-0.15, -0.1) is 0 Å². The number of carboxylic acid groups (broad SMARTS) is 1. The number of rotatable bonds is 7. The third-order valence-corrected chi connectivity index (χ3v) is 8.90. The number of amides is 1. The van der Waals surface area contributed by atoms with Crippen molar-refractivity contribution in [2.24, 2.45) is 13.0 Å². The predicted octanol–water partition coefficient (Wildman–Crippen LogP) is 5.08. The first-order valence-corrected chi connectivity index (χ1v) is 14.4. The summed E-state index contributed by atoms with van der Waals surface area (Å²) in [6, 6.07) is 14.2. The summed E-state index contributed by atoms with van der Waals surface area (Å²) < 4.78 is 6.82. The lowest BCUT2D eigenvalue weighted by Gasteiger charge is -2.41. The number of aliphatic carboxylic acids is 1. The molecule has 0 saturated carbocycles. The van der Waals surface area contributed by atoms with Gasteiger partial charge in [0.15, 0.2) is 0 Å². The van der Waals surface area contributed by atoms with E-state index in [4.69, 9.17) is 32.9 Å². The minimum atomic E-state index is -0.767. The van der Waals surface area contributed by atoms with E-state index in [2.05, 4.69) is 15.3 Å². The van der Waals surface area contributed by atoms with Crippen LogP contribution in [0.25, 0.3) is 22.4 Å². The van der Waals surface area contributed by atoms with Gasteiger partial charge in [0, 0.05) is 54.6 Å². The van der Waals surface area contributed by atoms with Gasteiger partial charge in [-0.3, -0.25) is 19.3 Å². The Morgan fingerprint density at radius 3 is 2.47 bits per heavy atom. The van der Waals surface area contributed by atoms with E-state index in [-0.39, 0.29) is 22.5 Å². The maximum atomic E-state index is 12.9. The average Bonchev–Trinajstić information content (AvgIpc) is 3.38. The van der Waals surface area contributed by atoms with Gasteiger partial charge < -0.3 is 15.2 Å². The molecule has 0 bridgehead atoms. The van der Waals surface area contributed by atoms with Crippen molar-refractivity contribution >= 4 is 40.8 Å². The zero-order valence-corrected chi connectivity index (χ0v) is 24.8. The number of fused-ring (bicyclic) bond motifs is 1. The summed E-state index contributed by atoms with van der Waals surface area (Å²) >= 11 is 13.8. The fourth-order valence-corrected chi connectivity index (χ4v) is 6.41. The van der Waals surface area contributed by atoms with Crippen LogP contribution in [-0.4, -0.2) is 56.8 Å². The van der Waals surface area contributed by atoms with E-state index < -0.39 is 17.4 Å². The van der Waals surface area contributed by atoms with Crippen molar-refractivity contribution in [3.05, 3.63) is 91.8 Å². The molecular formula is C31H27Cl2N5O5. The zero-order valence-electron chi connectivity index (χ0n) is 23.3. The topological polar surface area (TPSA) is 127 Å². The molecule has 2 aromatic carbocycles. The second-order valence-electron chi connectivity index (χ2n) is 10.6. The van der Waals surface area contributed by atoms with Crippen LogP contribution in [0.2, 0.25) is 10.0 Å². The van der Waals surface area contributed by atoms with Crippen molar-refractivity contribution in [1.82, 2.24) is 19.7 Å². The Labute approximate surface area is 256 Å². The molecule has 2 aliphatic rings. The molecule has 1 saturated heterocycles. The molecule has 0 radical (unpaired) electrons. The van der Waals surface area contributed by atoms with E-state index in [1.165, 1.54) is 19.3 Å². The van der Waals surface area contributed by atoms with Gasteiger partial charge in [-0.2, -0.15) is 5.10 Å². The summed E-state index contributed by atoms with van der Waals surface area (Å²) in [5.74, 6) is -1.21. The molecule has 6 rings (SSSR count). The first-order valence-electron chi connectivity index (χ1n) is 13.6. The van der Waals surface area contributed by atoms with Crippen LogP contribution < -0.4 is 15.6 Å². The number of hydrogen-bond donors (Lipinski definition) is 2. The standard InChI is InChI=1S/C31H27Cl2N5O5/c1-37-30(40)21(11-12-34-37)28(39)35-22-8-4-6-19(27(22)33)18-5-3-7-20(26(18)32)23-13-16-9-10-24(25(16)29(36-23)43-2)38-14-17(15-38)31(41)42/h3-8,11-13,17,24H,9-10,14-15H2,1-2H3,(H,35,39)(H,41,42)/t24-/m1/s1. The summed E-state index contributed by atoms with van der Waals surface area (Å²) in [5, 5.41) is 16.6. The Kier molecular flexibility index (Phi) is 7.68. The molecule has 220 valence electrons. The Bertz CT molecular complexity index is 1840. The highest BCUT2D eigenvalue weighted by atomic mass is 35.5. The minimum Gasteiger partial charge on any atom is -0.481 e. The molecule has 43 heavy (non-hydrogen) atoms. The smallest absolute Gasteiger partial charge is 0.309 e. The fraction of sp³-hybridized carbons (Fsp3) is 0.258. The lowest BCUT2D eigenvalue weighted by atomic mass is 9.95. The van der Waals surface area contributed by atoms with Gasteiger partial charge in [0.25, 0.3) is 11.5 Å². The monoisotopic (exact) mass is 619 g/mol. The number of benzene rings is 2. The van der Waals surface area contributed by atoms with E-state index >= 15 is 0 Å². The number of halogens is 2. The first kappa shape index (κ1) is 28.9. The highest BCUT2D eigenvalue weighted by molar-refractivity contribution is 6.39. The molecular weight excluding hydrogens is 593 g/mol. The van der Waals surface area contributed by atoms with Gasteiger partial charge in [-0.05, 0) is 36.6 Å². The molecule has 0 unspecified atom stereocenters. The van der Waals surface area contributed by atoms with Gasteiger partial charge in [-0.1, -0.05) is 53.5 Å². The van der Waals surface area contributed by atoms with Gasteiger partial charge in [0.05, 0.1) is 34.5 Å². The number of carbonyl (C=O) groups excluding carboxylic acids is 1. The number of carboxylic acids is 1. The number of carbonyl (C=O) groups is 2. The number of nitrogens with zero attached hydrogens (tertiary/aromatic N) is 4. The van der Waals surface area contributed by atoms with Crippen LogP contribution >= 0.6 is 23.2 Å². The second kappa shape index (κ2) is 11.4. The summed E-state index contributed by atoms with van der Waals surface area (Å²) in [7, 11) is 3.05. The van der Waals surface area contributed by atoms with Crippen LogP contribution in [0.5, 0.6) is 5.88 Å². The highest BCUT2D eigenvalue weighted by Crippen LogP contribution is 2.46. The SMILES string of the molecule is COc1nc(-c2cccc(-c3cccc(NC(=O)c4ccnn(C)c4=O)c3Cl)c2Cl)cc2c1[C@H](N1CC(C(=O)O)C1)CC2. The van der Waals surface area contributed by atoms with Crippen LogP contribution in [0, 0.1) is 5.92 Å². The van der Waals surface area contributed by atoms with Gasteiger partial charge in [0.1, 0.15) is 5.56 Å². The molecule has 3 heterocycles. The molecule has 1 atom stereocenters. The van der Waals surface area contributed by atoms with Crippen molar-refractivity contribution in [1.29, 1.82) is 0 Å². The quantitative estimate of drug-likeness (QED) is 0.293. The molecule has 12 heteroatoms. The van der Waals surface area contributed by atoms with Crippen LogP contribution in [0.3, 0.4) is 0 Å². The van der Waals surface area contributed by atoms with Gasteiger partial charge >= 0.3 is 5.97 Å². The number of aromatic nitrogens is 3. The molecule has 1 aliphatic heterocycles. The van der Waals surface area contributed by atoms with Gasteiger partial charge in [-0.25, -0.2) is 9.67 Å². The number of hydrogen-bond acceptors (Lipinski definition) is 7. The summed E-state index contributed by atoms with van der Waals surface area (Å²) in [4.78, 5) is 43.6. The summed E-state index contributed by atoms with van der Waals surface area (Å²) in [6.07, 6.45) is 3.05. The largest absolute Gasteiger partial charge is 0.481 e. The van der Waals surface area contributed by atoms with E-state index in [1.54, 1.807) is 25.3 Å². The Morgan fingerprint density at radius 1 is 1.05 bits per heavy atom. The zero-order chi connectivity index (χ0) is 30.4. The fourth-order valence-electron chi connectivity index (χ4n) is 5.81. The third-order valence-electron chi connectivity index (χ3n) is 8.08. The number of anilines is 1.